The highest BCUT2D eigenvalue weighted by molar-refractivity contribution is 5.79. The van der Waals surface area contributed by atoms with E-state index in [9.17, 15) is 8.78 Å². The highest BCUT2D eigenvalue weighted by Gasteiger charge is 2.14. The van der Waals surface area contributed by atoms with Crippen molar-refractivity contribution in [3.8, 4) is 5.75 Å². The summed E-state index contributed by atoms with van der Waals surface area (Å²) in [5, 5.41) is 6.53. The summed E-state index contributed by atoms with van der Waals surface area (Å²) in [6.45, 7) is 10.2. The molecule has 2 rings (SSSR count). The minimum Gasteiger partial charge on any atom is -0.434 e. The SMILES string of the molecule is CCNC(=NCc1ccccc1OC(F)F)NCCCCN1CCN(CC)CC1. The van der Waals surface area contributed by atoms with Gasteiger partial charge in [-0.1, -0.05) is 25.1 Å². The number of nitrogens with zero attached hydrogens (tertiary/aromatic N) is 3. The van der Waals surface area contributed by atoms with E-state index >= 15 is 0 Å². The summed E-state index contributed by atoms with van der Waals surface area (Å²) in [5.41, 5.74) is 0.635. The fraction of sp³-hybridized carbons (Fsp3) is 0.667. The molecule has 0 saturated carbocycles. The van der Waals surface area contributed by atoms with Crippen molar-refractivity contribution in [2.24, 2.45) is 4.99 Å². The molecule has 1 fully saturated rings. The van der Waals surface area contributed by atoms with E-state index in [4.69, 9.17) is 0 Å². The first-order chi connectivity index (χ1) is 14.1. The Morgan fingerprint density at radius 3 is 2.48 bits per heavy atom. The largest absolute Gasteiger partial charge is 0.434 e. The Morgan fingerprint density at radius 2 is 1.79 bits per heavy atom. The Labute approximate surface area is 173 Å². The quantitative estimate of drug-likeness (QED) is 0.333. The minimum atomic E-state index is -2.84. The fourth-order valence-electron chi connectivity index (χ4n) is 3.35. The van der Waals surface area contributed by atoms with Gasteiger partial charge in [-0.15, -0.1) is 0 Å². The van der Waals surface area contributed by atoms with Gasteiger partial charge in [0.05, 0.1) is 6.54 Å². The molecule has 0 unspecified atom stereocenters. The molecule has 2 N–H and O–H groups in total. The molecule has 1 aromatic carbocycles. The lowest BCUT2D eigenvalue weighted by Gasteiger charge is -2.34. The summed E-state index contributed by atoms with van der Waals surface area (Å²) in [5.74, 6) is 0.862. The van der Waals surface area contributed by atoms with Crippen LogP contribution in [0.25, 0.3) is 0 Å². The number of unbranched alkanes of at least 4 members (excludes halogenated alkanes) is 1. The van der Waals surface area contributed by atoms with Crippen LogP contribution in [0.1, 0.15) is 32.3 Å². The van der Waals surface area contributed by atoms with Gasteiger partial charge in [0.1, 0.15) is 5.75 Å². The van der Waals surface area contributed by atoms with Crippen LogP contribution >= 0.6 is 0 Å². The van der Waals surface area contributed by atoms with Crippen LogP contribution in [-0.2, 0) is 6.54 Å². The molecular weight excluding hydrogens is 376 g/mol. The molecule has 6 nitrogen and oxygen atoms in total. The standard InChI is InChI=1S/C21H35F2N5O/c1-3-24-21(26-17-18-9-5-6-10-19(18)29-20(22)23)25-11-7-8-12-28-15-13-27(4-2)14-16-28/h5-6,9-10,20H,3-4,7-8,11-17H2,1-2H3,(H2,24,25,26). The topological polar surface area (TPSA) is 52.1 Å². The molecule has 0 atom stereocenters. The van der Waals surface area contributed by atoms with Crippen LogP contribution in [0.3, 0.4) is 0 Å². The number of guanidine groups is 1. The van der Waals surface area contributed by atoms with Crippen LogP contribution in [0, 0.1) is 0 Å². The second-order valence-electron chi connectivity index (χ2n) is 7.09. The van der Waals surface area contributed by atoms with E-state index in [2.05, 4.69) is 37.1 Å². The van der Waals surface area contributed by atoms with Gasteiger partial charge in [-0.25, -0.2) is 4.99 Å². The van der Waals surface area contributed by atoms with E-state index in [0.29, 0.717) is 11.5 Å². The number of nitrogens with one attached hydrogen (secondary N) is 2. The summed E-state index contributed by atoms with van der Waals surface area (Å²) < 4.78 is 29.7. The first-order valence-corrected chi connectivity index (χ1v) is 10.6. The molecular formula is C21H35F2N5O. The fourth-order valence-corrected chi connectivity index (χ4v) is 3.35. The van der Waals surface area contributed by atoms with Gasteiger partial charge in [-0.2, -0.15) is 8.78 Å². The van der Waals surface area contributed by atoms with Crippen molar-refractivity contribution >= 4 is 5.96 Å². The van der Waals surface area contributed by atoms with Gasteiger partial charge in [0.2, 0.25) is 0 Å². The van der Waals surface area contributed by atoms with E-state index < -0.39 is 6.61 Å². The normalized spacial score (nSPS) is 16.2. The number of hydrogen-bond acceptors (Lipinski definition) is 4. The highest BCUT2D eigenvalue weighted by atomic mass is 19.3. The smallest absolute Gasteiger partial charge is 0.387 e. The molecule has 1 aliphatic heterocycles. The molecule has 0 spiro atoms. The number of halogens is 2. The van der Waals surface area contributed by atoms with Crippen LogP contribution in [0.5, 0.6) is 5.75 Å². The highest BCUT2D eigenvalue weighted by Crippen LogP contribution is 2.20. The number of alkyl halides is 2. The summed E-state index contributed by atoms with van der Waals surface area (Å²) in [4.78, 5) is 9.53. The molecule has 8 heteroatoms. The number of benzene rings is 1. The molecule has 1 aliphatic rings. The number of para-hydroxylation sites is 1. The number of ether oxygens (including phenoxy) is 1. The predicted octanol–water partition coefficient (Wildman–Crippen LogP) is 2.76. The summed E-state index contributed by atoms with van der Waals surface area (Å²) in [6.07, 6.45) is 2.20. The maximum Gasteiger partial charge on any atom is 0.387 e. The van der Waals surface area contributed by atoms with E-state index in [1.807, 2.05) is 6.92 Å². The first kappa shape index (κ1) is 23.3. The lowest BCUT2D eigenvalue weighted by atomic mass is 10.2. The van der Waals surface area contributed by atoms with Gasteiger partial charge >= 0.3 is 6.61 Å². The Morgan fingerprint density at radius 1 is 1.07 bits per heavy atom. The minimum absolute atomic E-state index is 0.172. The van der Waals surface area contributed by atoms with E-state index in [-0.39, 0.29) is 12.3 Å². The third-order valence-electron chi connectivity index (χ3n) is 5.05. The number of hydrogen-bond donors (Lipinski definition) is 2. The molecule has 0 amide bonds. The Balaban J connectivity index is 1.73. The van der Waals surface area contributed by atoms with Gasteiger partial charge in [-0.05, 0) is 38.9 Å². The molecule has 164 valence electrons. The van der Waals surface area contributed by atoms with Crippen molar-refractivity contribution in [2.45, 2.75) is 39.8 Å². The molecule has 0 aromatic heterocycles. The van der Waals surface area contributed by atoms with Gasteiger partial charge < -0.3 is 25.2 Å². The second kappa shape index (κ2) is 13.3. The van der Waals surface area contributed by atoms with Crippen LogP contribution in [-0.4, -0.2) is 74.7 Å². The molecule has 1 aromatic rings. The van der Waals surface area contributed by atoms with Crippen LogP contribution < -0.4 is 15.4 Å². The van der Waals surface area contributed by atoms with Gasteiger partial charge in [0.25, 0.3) is 0 Å². The van der Waals surface area contributed by atoms with Crippen LogP contribution in [0.15, 0.2) is 29.3 Å². The van der Waals surface area contributed by atoms with E-state index in [1.165, 1.54) is 19.2 Å². The maximum absolute atomic E-state index is 12.5. The number of rotatable bonds is 11. The van der Waals surface area contributed by atoms with E-state index in [0.717, 1.165) is 52.1 Å². The lowest BCUT2D eigenvalue weighted by Crippen LogP contribution is -2.46. The van der Waals surface area contributed by atoms with Crippen molar-refractivity contribution in [1.82, 2.24) is 20.4 Å². The Bertz CT molecular complexity index is 606. The molecule has 1 heterocycles. The van der Waals surface area contributed by atoms with Gasteiger partial charge in [-0.3, -0.25) is 0 Å². The Hall–Kier alpha value is -1.93. The van der Waals surface area contributed by atoms with Crippen molar-refractivity contribution in [2.75, 3.05) is 52.4 Å². The van der Waals surface area contributed by atoms with Crippen LogP contribution in [0.2, 0.25) is 0 Å². The second-order valence-corrected chi connectivity index (χ2v) is 7.09. The predicted molar refractivity (Wildman–Crippen MR) is 114 cm³/mol. The van der Waals surface area contributed by atoms with Crippen molar-refractivity contribution < 1.29 is 13.5 Å². The summed E-state index contributed by atoms with van der Waals surface area (Å²) in [7, 11) is 0. The third kappa shape index (κ3) is 8.95. The van der Waals surface area contributed by atoms with Crippen molar-refractivity contribution in [3.05, 3.63) is 29.8 Å². The zero-order valence-corrected chi connectivity index (χ0v) is 17.7. The number of likely N-dealkylation sites (N-methyl/N-ethyl adjacent to an activating group) is 1. The van der Waals surface area contributed by atoms with Crippen molar-refractivity contribution in [1.29, 1.82) is 0 Å². The molecule has 1 saturated heterocycles. The first-order valence-electron chi connectivity index (χ1n) is 10.6. The van der Waals surface area contributed by atoms with Crippen LogP contribution in [0.4, 0.5) is 8.78 Å². The zero-order chi connectivity index (χ0) is 20.9. The van der Waals surface area contributed by atoms with Gasteiger partial charge in [0, 0.05) is 44.8 Å². The Kier molecular flexibility index (Phi) is 10.7. The molecule has 0 bridgehead atoms. The van der Waals surface area contributed by atoms with E-state index in [1.54, 1.807) is 18.2 Å². The summed E-state index contributed by atoms with van der Waals surface area (Å²) >= 11 is 0. The zero-order valence-electron chi connectivity index (χ0n) is 17.7. The number of aliphatic imine (C=N–C) groups is 1. The third-order valence-corrected chi connectivity index (χ3v) is 5.05. The maximum atomic E-state index is 12.5. The lowest BCUT2D eigenvalue weighted by molar-refractivity contribution is -0.0504. The average Bonchev–Trinajstić information content (AvgIpc) is 2.72. The molecule has 29 heavy (non-hydrogen) atoms. The average molecular weight is 412 g/mol. The molecule has 0 radical (unpaired) electrons. The van der Waals surface area contributed by atoms with Crippen molar-refractivity contribution in [3.63, 3.8) is 0 Å². The summed E-state index contributed by atoms with van der Waals surface area (Å²) in [6, 6.07) is 6.76. The molecule has 0 aliphatic carbocycles. The van der Waals surface area contributed by atoms with Gasteiger partial charge in [0.15, 0.2) is 5.96 Å². The number of piperazine rings is 1. The monoisotopic (exact) mass is 411 g/mol.